The average Bonchev–Trinajstić information content (AvgIpc) is 3.30. The van der Waals surface area contributed by atoms with Crippen LogP contribution in [-0.4, -0.2) is 29.7 Å². The lowest BCUT2D eigenvalue weighted by Gasteiger charge is -2.22. The lowest BCUT2D eigenvalue weighted by Crippen LogP contribution is -2.31. The summed E-state index contributed by atoms with van der Waals surface area (Å²) in [5.41, 5.74) is 0.732. The molecule has 1 unspecified atom stereocenters. The summed E-state index contributed by atoms with van der Waals surface area (Å²) in [7, 11) is 4.99. The molecule has 1 N–H and O–H groups in total. The highest BCUT2D eigenvalue weighted by molar-refractivity contribution is 5.92. The minimum absolute atomic E-state index is 0.223. The van der Waals surface area contributed by atoms with E-state index in [1.807, 2.05) is 29.9 Å². The van der Waals surface area contributed by atoms with Crippen LogP contribution in [0.5, 0.6) is 11.5 Å². The third kappa shape index (κ3) is 3.21. The van der Waals surface area contributed by atoms with E-state index in [1.165, 1.54) is 6.26 Å². The number of furan rings is 1. The van der Waals surface area contributed by atoms with Gasteiger partial charge in [0.2, 0.25) is 0 Å². The maximum absolute atomic E-state index is 12.5. The Balaban J connectivity index is 2.06. The molecule has 2 aromatic heterocycles. The molecule has 130 valence electrons. The second-order valence-electron chi connectivity index (χ2n) is 5.36. The van der Waals surface area contributed by atoms with Crippen molar-refractivity contribution >= 4 is 5.91 Å². The van der Waals surface area contributed by atoms with Crippen LogP contribution < -0.4 is 14.8 Å². The van der Waals surface area contributed by atoms with Gasteiger partial charge in [-0.2, -0.15) is 0 Å². The van der Waals surface area contributed by atoms with E-state index < -0.39 is 6.04 Å². The number of rotatable bonds is 6. The summed E-state index contributed by atoms with van der Waals surface area (Å²) in [6.45, 7) is 0. The van der Waals surface area contributed by atoms with E-state index in [-0.39, 0.29) is 11.7 Å². The second kappa shape index (κ2) is 7.12. The van der Waals surface area contributed by atoms with Gasteiger partial charge in [0.05, 0.1) is 20.5 Å². The first-order valence-corrected chi connectivity index (χ1v) is 7.68. The van der Waals surface area contributed by atoms with Crippen LogP contribution in [0.4, 0.5) is 0 Å². The first kappa shape index (κ1) is 16.6. The predicted octanol–water partition coefficient (Wildman–Crippen LogP) is 2.55. The number of nitrogens with zero attached hydrogens (tertiary/aromatic N) is 2. The molecule has 3 aromatic rings. The van der Waals surface area contributed by atoms with Crippen molar-refractivity contribution in [1.29, 1.82) is 0 Å². The maximum Gasteiger partial charge on any atom is 0.287 e. The Bertz CT molecular complexity index is 855. The zero-order valence-electron chi connectivity index (χ0n) is 14.2. The fourth-order valence-electron chi connectivity index (χ4n) is 2.69. The van der Waals surface area contributed by atoms with Crippen molar-refractivity contribution in [3.05, 3.63) is 66.1 Å². The van der Waals surface area contributed by atoms with Gasteiger partial charge in [-0.05, 0) is 18.2 Å². The molecule has 1 aromatic carbocycles. The number of hydrogen-bond donors (Lipinski definition) is 1. The van der Waals surface area contributed by atoms with E-state index in [2.05, 4.69) is 10.3 Å². The van der Waals surface area contributed by atoms with E-state index in [9.17, 15) is 4.79 Å². The fraction of sp³-hybridized carbons (Fsp3) is 0.222. The summed E-state index contributed by atoms with van der Waals surface area (Å²) in [5, 5.41) is 2.95. The number of carbonyl (C=O) groups excluding carboxylic acids is 1. The number of para-hydroxylation sites is 1. The molecular formula is C18H19N3O4. The van der Waals surface area contributed by atoms with E-state index >= 15 is 0 Å². The number of ether oxygens (including phenoxy) is 2. The highest BCUT2D eigenvalue weighted by atomic mass is 16.5. The summed E-state index contributed by atoms with van der Waals surface area (Å²) in [6, 6.07) is 8.23. The van der Waals surface area contributed by atoms with Gasteiger partial charge in [0, 0.05) is 25.0 Å². The Morgan fingerprint density at radius 2 is 2.08 bits per heavy atom. The minimum Gasteiger partial charge on any atom is -0.493 e. The molecule has 0 fully saturated rings. The molecule has 0 spiro atoms. The minimum atomic E-state index is -0.539. The number of hydrogen-bond acceptors (Lipinski definition) is 5. The van der Waals surface area contributed by atoms with Crippen LogP contribution in [0.25, 0.3) is 0 Å². The van der Waals surface area contributed by atoms with Crippen molar-refractivity contribution in [2.75, 3.05) is 14.2 Å². The summed E-state index contributed by atoms with van der Waals surface area (Å²) in [4.78, 5) is 16.9. The van der Waals surface area contributed by atoms with Crippen molar-refractivity contribution < 1.29 is 18.7 Å². The third-order valence-corrected chi connectivity index (χ3v) is 3.88. The predicted molar refractivity (Wildman–Crippen MR) is 90.8 cm³/mol. The van der Waals surface area contributed by atoms with E-state index in [4.69, 9.17) is 13.9 Å². The summed E-state index contributed by atoms with van der Waals surface area (Å²) < 4.78 is 17.9. The summed E-state index contributed by atoms with van der Waals surface area (Å²) in [5.74, 6) is 1.65. The van der Waals surface area contributed by atoms with Gasteiger partial charge >= 0.3 is 0 Å². The Morgan fingerprint density at radius 3 is 2.68 bits per heavy atom. The molecule has 0 aliphatic carbocycles. The van der Waals surface area contributed by atoms with Crippen molar-refractivity contribution in [3.63, 3.8) is 0 Å². The van der Waals surface area contributed by atoms with Crippen LogP contribution in [0.15, 0.2) is 53.4 Å². The molecule has 7 heteroatoms. The van der Waals surface area contributed by atoms with Gasteiger partial charge in [0.25, 0.3) is 5.91 Å². The number of imidazole rings is 1. The van der Waals surface area contributed by atoms with E-state index in [1.54, 1.807) is 38.6 Å². The maximum atomic E-state index is 12.5. The van der Waals surface area contributed by atoms with Crippen molar-refractivity contribution in [3.8, 4) is 11.5 Å². The molecule has 3 rings (SSSR count). The van der Waals surface area contributed by atoms with Gasteiger partial charge in [0.15, 0.2) is 17.3 Å². The lowest BCUT2D eigenvalue weighted by atomic mass is 10.0. The molecule has 25 heavy (non-hydrogen) atoms. The van der Waals surface area contributed by atoms with Crippen LogP contribution in [0, 0.1) is 0 Å². The molecule has 0 aliphatic rings. The molecule has 0 saturated heterocycles. The largest absolute Gasteiger partial charge is 0.493 e. The molecule has 0 bridgehead atoms. The first-order valence-electron chi connectivity index (χ1n) is 7.68. The molecule has 2 heterocycles. The van der Waals surface area contributed by atoms with Gasteiger partial charge in [-0.15, -0.1) is 0 Å². The van der Waals surface area contributed by atoms with E-state index in [0.717, 1.165) is 5.56 Å². The van der Waals surface area contributed by atoms with Gasteiger partial charge in [-0.3, -0.25) is 4.79 Å². The van der Waals surface area contributed by atoms with Crippen molar-refractivity contribution in [1.82, 2.24) is 14.9 Å². The highest BCUT2D eigenvalue weighted by Crippen LogP contribution is 2.36. The molecule has 1 atom stereocenters. The zero-order chi connectivity index (χ0) is 17.8. The van der Waals surface area contributed by atoms with Crippen LogP contribution in [-0.2, 0) is 7.05 Å². The Morgan fingerprint density at radius 1 is 1.24 bits per heavy atom. The smallest absolute Gasteiger partial charge is 0.287 e. The number of amides is 1. The van der Waals surface area contributed by atoms with Crippen LogP contribution in [0.1, 0.15) is 28.0 Å². The number of aromatic nitrogens is 2. The summed E-state index contributed by atoms with van der Waals surface area (Å²) in [6.07, 6.45) is 4.94. The van der Waals surface area contributed by atoms with Gasteiger partial charge < -0.3 is 23.8 Å². The van der Waals surface area contributed by atoms with Crippen molar-refractivity contribution in [2.24, 2.45) is 7.05 Å². The Kier molecular flexibility index (Phi) is 4.74. The van der Waals surface area contributed by atoms with Crippen LogP contribution >= 0.6 is 0 Å². The normalized spacial score (nSPS) is 11.8. The van der Waals surface area contributed by atoms with E-state index in [0.29, 0.717) is 17.3 Å². The number of carbonyl (C=O) groups is 1. The number of benzene rings is 1. The first-order chi connectivity index (χ1) is 12.2. The molecular weight excluding hydrogens is 322 g/mol. The highest BCUT2D eigenvalue weighted by Gasteiger charge is 2.26. The lowest BCUT2D eigenvalue weighted by molar-refractivity contribution is 0.0912. The third-order valence-electron chi connectivity index (χ3n) is 3.88. The molecule has 7 nitrogen and oxygen atoms in total. The van der Waals surface area contributed by atoms with Gasteiger partial charge in [-0.25, -0.2) is 4.98 Å². The second-order valence-corrected chi connectivity index (χ2v) is 5.36. The SMILES string of the molecule is COc1cccc(C(NC(=O)c2ccco2)c2nccn2C)c1OC. The standard InChI is InChI=1S/C18H19N3O4/c1-21-10-9-19-17(21)15(20-18(22)14-8-5-11-25-14)12-6-4-7-13(23-2)16(12)24-3/h4-11,15H,1-3H3,(H,20,22). The van der Waals surface area contributed by atoms with Crippen LogP contribution in [0.2, 0.25) is 0 Å². The number of methoxy groups -OCH3 is 2. The topological polar surface area (TPSA) is 78.5 Å². The number of nitrogens with one attached hydrogen (secondary N) is 1. The molecule has 0 aliphatic heterocycles. The molecule has 0 radical (unpaired) electrons. The monoisotopic (exact) mass is 341 g/mol. The average molecular weight is 341 g/mol. The Labute approximate surface area is 145 Å². The van der Waals surface area contributed by atoms with Crippen molar-refractivity contribution in [2.45, 2.75) is 6.04 Å². The number of aryl methyl sites for hydroxylation is 1. The summed E-state index contributed by atoms with van der Waals surface area (Å²) >= 11 is 0. The van der Waals surface area contributed by atoms with Crippen LogP contribution in [0.3, 0.4) is 0 Å². The molecule has 0 saturated carbocycles. The zero-order valence-corrected chi connectivity index (χ0v) is 14.2. The Hall–Kier alpha value is -3.22. The fourth-order valence-corrected chi connectivity index (χ4v) is 2.69. The van der Waals surface area contributed by atoms with Gasteiger partial charge in [-0.1, -0.05) is 12.1 Å². The quantitative estimate of drug-likeness (QED) is 0.745. The molecule has 1 amide bonds. The van der Waals surface area contributed by atoms with Gasteiger partial charge in [0.1, 0.15) is 11.9 Å².